The molecule has 6 nitrogen and oxygen atoms in total. The van der Waals surface area contributed by atoms with Crippen LogP contribution in [0.15, 0.2) is 0 Å². The minimum Gasteiger partial charge on any atom is -0.384 e. The van der Waals surface area contributed by atoms with Crippen molar-refractivity contribution in [1.82, 2.24) is 9.21 Å². The van der Waals surface area contributed by atoms with Crippen LogP contribution in [0.2, 0.25) is 0 Å². The maximum Gasteiger partial charge on any atom is 0.211 e. The summed E-state index contributed by atoms with van der Waals surface area (Å²) in [6.07, 6.45) is 13.0. The first-order chi connectivity index (χ1) is 16.2. The van der Waals surface area contributed by atoms with Gasteiger partial charge in [0.2, 0.25) is 10.0 Å². The van der Waals surface area contributed by atoms with Crippen molar-refractivity contribution in [2.75, 3.05) is 52.7 Å². The van der Waals surface area contributed by atoms with E-state index in [1.807, 2.05) is 7.11 Å². The van der Waals surface area contributed by atoms with Gasteiger partial charge in [-0.05, 0) is 98.7 Å². The van der Waals surface area contributed by atoms with Crippen molar-refractivity contribution in [3.63, 3.8) is 0 Å². The number of carbonyl (C=O) groups is 1. The zero-order valence-electron chi connectivity index (χ0n) is 21.6. The summed E-state index contributed by atoms with van der Waals surface area (Å²) in [4.78, 5) is 15.7. The Morgan fingerprint density at radius 2 is 1.68 bits per heavy atom. The van der Waals surface area contributed by atoms with Crippen molar-refractivity contribution in [3.05, 3.63) is 0 Å². The minimum atomic E-state index is -3.13. The first-order valence-corrected chi connectivity index (χ1v) is 15.7. The summed E-state index contributed by atoms with van der Waals surface area (Å²) < 4.78 is 30.6. The van der Waals surface area contributed by atoms with E-state index in [1.54, 1.807) is 4.31 Å². The van der Waals surface area contributed by atoms with Crippen molar-refractivity contribution in [1.29, 1.82) is 0 Å². The summed E-state index contributed by atoms with van der Waals surface area (Å²) in [7, 11) is -1.28. The van der Waals surface area contributed by atoms with Crippen molar-refractivity contribution < 1.29 is 17.9 Å². The van der Waals surface area contributed by atoms with E-state index in [4.69, 9.17) is 4.74 Å². The lowest BCUT2D eigenvalue weighted by Crippen LogP contribution is -2.52. The second kappa shape index (κ2) is 9.75. The van der Waals surface area contributed by atoms with Gasteiger partial charge < -0.3 is 4.74 Å². The molecule has 34 heavy (non-hydrogen) atoms. The van der Waals surface area contributed by atoms with E-state index in [1.165, 1.54) is 57.6 Å². The van der Waals surface area contributed by atoms with Gasteiger partial charge in [0.25, 0.3) is 0 Å². The minimum absolute atomic E-state index is 0.174. The molecule has 4 aliphatic carbocycles. The van der Waals surface area contributed by atoms with Crippen LogP contribution in [0, 0.1) is 46.8 Å². The van der Waals surface area contributed by atoms with Gasteiger partial charge in [-0.15, -0.1) is 0 Å². The largest absolute Gasteiger partial charge is 0.384 e. The number of sulfonamides is 1. The Morgan fingerprint density at radius 3 is 2.38 bits per heavy atom. The third-order valence-electron chi connectivity index (χ3n) is 11.0. The van der Waals surface area contributed by atoms with E-state index in [-0.39, 0.29) is 11.3 Å². The molecule has 0 radical (unpaired) electrons. The smallest absolute Gasteiger partial charge is 0.211 e. The molecule has 1 heterocycles. The predicted octanol–water partition coefficient (Wildman–Crippen LogP) is 3.66. The number of methoxy groups -OCH3 is 1. The molecule has 0 amide bonds. The highest BCUT2D eigenvalue weighted by Gasteiger charge is 2.58. The molecule has 8 unspecified atom stereocenters. The molecular weight excluding hydrogens is 448 g/mol. The number of piperazine rings is 1. The molecule has 0 aromatic carbocycles. The van der Waals surface area contributed by atoms with E-state index in [9.17, 15) is 13.2 Å². The molecule has 5 aliphatic rings. The lowest BCUT2D eigenvalue weighted by molar-refractivity contribution is -0.132. The molecule has 0 aromatic heterocycles. The van der Waals surface area contributed by atoms with Gasteiger partial charge in [0, 0.05) is 45.8 Å². The Kier molecular flexibility index (Phi) is 7.22. The van der Waals surface area contributed by atoms with Gasteiger partial charge in [0.05, 0.1) is 12.8 Å². The monoisotopic (exact) mass is 494 g/mol. The predicted molar refractivity (Wildman–Crippen MR) is 134 cm³/mol. The number of ketones is 1. The maximum absolute atomic E-state index is 13.6. The van der Waals surface area contributed by atoms with Crippen LogP contribution in [0.25, 0.3) is 0 Å². The molecular formula is C27H46N2O4S. The second-order valence-electron chi connectivity index (χ2n) is 12.6. The standard InChI is InChI=1S/C27H46N2O4S/c1-27-11-10-22-21-6-4-19(18-33-2)16-20(21)5-7-23(22)24(27)8-9-25(27)26(30)17-28-12-14-29(15-13-28)34(3,31)32/h19-25H,4-18H2,1-3H3. The third kappa shape index (κ3) is 4.64. The lowest BCUT2D eigenvalue weighted by Gasteiger charge is -2.56. The van der Waals surface area contributed by atoms with Gasteiger partial charge in [-0.2, -0.15) is 4.31 Å². The molecule has 0 N–H and O–H groups in total. The average Bonchev–Trinajstić information content (AvgIpc) is 3.16. The van der Waals surface area contributed by atoms with Crippen molar-refractivity contribution in [3.8, 4) is 0 Å². The fourth-order valence-electron chi connectivity index (χ4n) is 9.42. The molecule has 0 spiro atoms. The fourth-order valence-corrected chi connectivity index (χ4v) is 10.2. The fraction of sp³-hybridized carbons (Fsp3) is 0.963. The Labute approximate surface area is 207 Å². The van der Waals surface area contributed by atoms with Gasteiger partial charge in [-0.3, -0.25) is 9.69 Å². The summed E-state index contributed by atoms with van der Waals surface area (Å²) in [5.74, 6) is 5.64. The van der Waals surface area contributed by atoms with E-state index in [0.29, 0.717) is 38.5 Å². The van der Waals surface area contributed by atoms with Crippen LogP contribution in [-0.4, -0.2) is 76.1 Å². The van der Waals surface area contributed by atoms with E-state index in [2.05, 4.69) is 11.8 Å². The summed E-state index contributed by atoms with van der Waals surface area (Å²) in [6, 6.07) is 0. The lowest BCUT2D eigenvalue weighted by atomic mass is 9.49. The molecule has 1 aliphatic heterocycles. The number of Topliss-reactive ketones (excluding diaryl/α,β-unsaturated/α-hetero) is 1. The van der Waals surface area contributed by atoms with E-state index >= 15 is 0 Å². The number of nitrogens with zero attached hydrogens (tertiary/aromatic N) is 2. The zero-order valence-corrected chi connectivity index (χ0v) is 22.4. The first kappa shape index (κ1) is 25.2. The van der Waals surface area contributed by atoms with Gasteiger partial charge >= 0.3 is 0 Å². The van der Waals surface area contributed by atoms with Gasteiger partial charge in [0.1, 0.15) is 5.78 Å². The highest BCUT2D eigenvalue weighted by molar-refractivity contribution is 7.88. The number of rotatable bonds is 6. The molecule has 1 saturated heterocycles. The summed E-state index contributed by atoms with van der Waals surface area (Å²) in [6.45, 7) is 6.25. The van der Waals surface area contributed by atoms with Crippen LogP contribution in [0.4, 0.5) is 0 Å². The highest BCUT2D eigenvalue weighted by atomic mass is 32.2. The number of hydrogen-bond donors (Lipinski definition) is 0. The molecule has 8 atom stereocenters. The number of ether oxygens (including phenoxy) is 1. The van der Waals surface area contributed by atoms with Crippen LogP contribution in [0.5, 0.6) is 0 Å². The first-order valence-electron chi connectivity index (χ1n) is 13.9. The SMILES string of the molecule is COCC1CCC2C(CCC3C2CCC2(C)C(C(=O)CN4CCN(S(C)(=O)=O)CC4)CCC32)C1. The normalized spacial score (nSPS) is 43.7. The van der Waals surface area contributed by atoms with E-state index in [0.717, 1.165) is 48.5 Å². The molecule has 0 bridgehead atoms. The summed E-state index contributed by atoms with van der Waals surface area (Å²) in [5, 5.41) is 0. The number of fused-ring (bicyclic) bond motifs is 5. The van der Waals surface area contributed by atoms with Crippen LogP contribution < -0.4 is 0 Å². The quantitative estimate of drug-likeness (QED) is 0.564. The van der Waals surface area contributed by atoms with E-state index < -0.39 is 10.0 Å². The average molecular weight is 495 g/mol. The highest BCUT2D eigenvalue weighted by Crippen LogP contribution is 2.64. The van der Waals surface area contributed by atoms with Crippen LogP contribution in [0.3, 0.4) is 0 Å². The van der Waals surface area contributed by atoms with Crippen molar-refractivity contribution >= 4 is 15.8 Å². The topological polar surface area (TPSA) is 66.9 Å². The Balaban J connectivity index is 1.20. The molecule has 5 rings (SSSR count). The number of carbonyl (C=O) groups excluding carboxylic acids is 1. The third-order valence-corrected chi connectivity index (χ3v) is 12.3. The van der Waals surface area contributed by atoms with Crippen LogP contribution >= 0.6 is 0 Å². The molecule has 7 heteroatoms. The van der Waals surface area contributed by atoms with Crippen molar-refractivity contribution in [2.45, 2.75) is 64.7 Å². The molecule has 4 saturated carbocycles. The van der Waals surface area contributed by atoms with Gasteiger partial charge in [0.15, 0.2) is 0 Å². The Hall–Kier alpha value is -0.500. The van der Waals surface area contributed by atoms with Gasteiger partial charge in [-0.25, -0.2) is 8.42 Å². The zero-order chi connectivity index (χ0) is 24.1. The number of hydrogen-bond acceptors (Lipinski definition) is 5. The van der Waals surface area contributed by atoms with Crippen LogP contribution in [-0.2, 0) is 19.6 Å². The van der Waals surface area contributed by atoms with Crippen LogP contribution in [0.1, 0.15) is 64.7 Å². The molecule has 194 valence electrons. The maximum atomic E-state index is 13.6. The molecule has 5 fully saturated rings. The second-order valence-corrected chi connectivity index (χ2v) is 14.6. The summed E-state index contributed by atoms with van der Waals surface area (Å²) in [5.41, 5.74) is 0.174. The summed E-state index contributed by atoms with van der Waals surface area (Å²) >= 11 is 0. The molecule has 0 aromatic rings. The van der Waals surface area contributed by atoms with Crippen molar-refractivity contribution in [2.24, 2.45) is 46.8 Å². The Bertz CT molecular complexity index is 855. The Morgan fingerprint density at radius 1 is 0.941 bits per heavy atom. The van der Waals surface area contributed by atoms with Gasteiger partial charge in [-0.1, -0.05) is 6.92 Å².